The highest BCUT2D eigenvalue weighted by atomic mass is 19.1. The predicted molar refractivity (Wildman–Crippen MR) is 87.6 cm³/mol. The first-order valence-electron chi connectivity index (χ1n) is 8.84. The van der Waals surface area contributed by atoms with Crippen LogP contribution in [0.5, 0.6) is 0 Å². The second-order valence-electron chi connectivity index (χ2n) is 6.86. The molecule has 2 fully saturated rings. The van der Waals surface area contributed by atoms with Crippen molar-refractivity contribution in [1.29, 1.82) is 0 Å². The molecule has 0 atom stereocenters. The molecule has 0 radical (unpaired) electrons. The zero-order valence-electron chi connectivity index (χ0n) is 13.7. The van der Waals surface area contributed by atoms with E-state index in [0.717, 1.165) is 31.4 Å². The quantitative estimate of drug-likeness (QED) is 0.733. The van der Waals surface area contributed by atoms with Gasteiger partial charge in [0, 0.05) is 12.6 Å². The Bertz CT molecular complexity index is 507. The fourth-order valence-corrected chi connectivity index (χ4v) is 3.31. The molecule has 3 nitrogen and oxygen atoms in total. The SMILES string of the molecule is O=C(COCC1CC1)N(CCc1ccc(F)cc1)C1CCCC1. The summed E-state index contributed by atoms with van der Waals surface area (Å²) in [7, 11) is 0. The van der Waals surface area contributed by atoms with Gasteiger partial charge in [0.25, 0.3) is 0 Å². The van der Waals surface area contributed by atoms with Crippen LogP contribution >= 0.6 is 0 Å². The minimum absolute atomic E-state index is 0.111. The molecule has 0 N–H and O–H groups in total. The Labute approximate surface area is 137 Å². The van der Waals surface area contributed by atoms with Gasteiger partial charge in [-0.2, -0.15) is 0 Å². The van der Waals surface area contributed by atoms with E-state index in [1.54, 1.807) is 12.1 Å². The third-order valence-electron chi connectivity index (χ3n) is 4.92. The number of halogens is 1. The summed E-state index contributed by atoms with van der Waals surface area (Å²) in [5.74, 6) is 0.576. The molecule has 23 heavy (non-hydrogen) atoms. The summed E-state index contributed by atoms with van der Waals surface area (Å²) in [6.45, 7) is 1.63. The van der Waals surface area contributed by atoms with Crippen LogP contribution < -0.4 is 0 Å². The van der Waals surface area contributed by atoms with Gasteiger partial charge in [-0.1, -0.05) is 25.0 Å². The summed E-state index contributed by atoms with van der Waals surface area (Å²) in [5.41, 5.74) is 1.07. The Morgan fingerprint density at radius 1 is 1.13 bits per heavy atom. The van der Waals surface area contributed by atoms with Crippen LogP contribution in [0.15, 0.2) is 24.3 Å². The molecule has 126 valence electrons. The van der Waals surface area contributed by atoms with Crippen LogP contribution in [-0.4, -0.2) is 36.6 Å². The number of carbonyl (C=O) groups excluding carboxylic acids is 1. The van der Waals surface area contributed by atoms with E-state index in [-0.39, 0.29) is 18.3 Å². The molecule has 1 aromatic carbocycles. The molecule has 4 heteroatoms. The maximum atomic E-state index is 13.0. The van der Waals surface area contributed by atoms with E-state index in [2.05, 4.69) is 0 Å². The van der Waals surface area contributed by atoms with Gasteiger partial charge in [0.2, 0.25) is 5.91 Å². The monoisotopic (exact) mass is 319 g/mol. The molecule has 0 aliphatic heterocycles. The van der Waals surface area contributed by atoms with Gasteiger partial charge in [-0.15, -0.1) is 0 Å². The van der Waals surface area contributed by atoms with Crippen molar-refractivity contribution in [3.8, 4) is 0 Å². The summed E-state index contributed by atoms with van der Waals surface area (Å²) in [6.07, 6.45) is 7.85. The highest BCUT2D eigenvalue weighted by Gasteiger charge is 2.27. The second-order valence-corrected chi connectivity index (χ2v) is 6.86. The van der Waals surface area contributed by atoms with Crippen molar-refractivity contribution in [2.75, 3.05) is 19.8 Å². The summed E-state index contributed by atoms with van der Waals surface area (Å²) in [6, 6.07) is 6.92. The topological polar surface area (TPSA) is 29.5 Å². The minimum Gasteiger partial charge on any atom is -0.371 e. The molecule has 0 heterocycles. The third kappa shape index (κ3) is 5.03. The van der Waals surface area contributed by atoms with Crippen LogP contribution in [0.25, 0.3) is 0 Å². The average Bonchev–Trinajstić information content (AvgIpc) is 3.21. The molecule has 0 spiro atoms. The molecule has 0 bridgehead atoms. The van der Waals surface area contributed by atoms with Gasteiger partial charge in [0.15, 0.2) is 0 Å². The first kappa shape index (κ1) is 16.4. The fourth-order valence-electron chi connectivity index (χ4n) is 3.31. The first-order chi connectivity index (χ1) is 11.2. The molecular formula is C19H26FNO2. The van der Waals surface area contributed by atoms with Crippen LogP contribution in [0, 0.1) is 11.7 Å². The van der Waals surface area contributed by atoms with E-state index in [1.807, 2.05) is 4.90 Å². The second kappa shape index (κ2) is 7.91. The van der Waals surface area contributed by atoms with Gasteiger partial charge in [-0.05, 0) is 55.7 Å². The lowest BCUT2D eigenvalue weighted by Gasteiger charge is -2.29. The number of amides is 1. The maximum absolute atomic E-state index is 13.0. The van der Waals surface area contributed by atoms with Gasteiger partial charge in [-0.25, -0.2) is 4.39 Å². The number of rotatable bonds is 8. The molecule has 0 saturated heterocycles. The van der Waals surface area contributed by atoms with Crippen molar-refractivity contribution >= 4 is 5.91 Å². The number of nitrogens with zero attached hydrogens (tertiary/aromatic N) is 1. The molecule has 2 aliphatic carbocycles. The molecule has 0 aromatic heterocycles. The standard InChI is InChI=1S/C19H26FNO2/c20-17-9-7-15(8-10-17)11-12-21(18-3-1-2-4-18)19(22)14-23-13-16-5-6-16/h7-10,16,18H,1-6,11-14H2. The molecule has 3 rings (SSSR count). The van der Waals surface area contributed by atoms with Crippen LogP contribution in [-0.2, 0) is 16.0 Å². The first-order valence-corrected chi connectivity index (χ1v) is 8.84. The van der Waals surface area contributed by atoms with Crippen LogP contribution in [0.2, 0.25) is 0 Å². The van der Waals surface area contributed by atoms with Gasteiger partial charge in [0.1, 0.15) is 12.4 Å². The van der Waals surface area contributed by atoms with Crippen molar-refractivity contribution in [3.05, 3.63) is 35.6 Å². The van der Waals surface area contributed by atoms with E-state index < -0.39 is 0 Å². The van der Waals surface area contributed by atoms with Crippen molar-refractivity contribution in [3.63, 3.8) is 0 Å². The fraction of sp³-hybridized carbons (Fsp3) is 0.632. The Hall–Kier alpha value is -1.42. The predicted octanol–water partition coefficient (Wildman–Crippen LogP) is 3.57. The lowest BCUT2D eigenvalue weighted by atomic mass is 10.1. The molecule has 1 aromatic rings. The van der Waals surface area contributed by atoms with Gasteiger partial charge >= 0.3 is 0 Å². The molecule has 0 unspecified atom stereocenters. The molecular weight excluding hydrogens is 293 g/mol. The van der Waals surface area contributed by atoms with E-state index in [9.17, 15) is 9.18 Å². The van der Waals surface area contributed by atoms with E-state index >= 15 is 0 Å². The van der Waals surface area contributed by atoms with Crippen LogP contribution in [0.4, 0.5) is 4.39 Å². The number of hydrogen-bond donors (Lipinski definition) is 0. The largest absolute Gasteiger partial charge is 0.371 e. The minimum atomic E-state index is -0.217. The Morgan fingerprint density at radius 3 is 2.48 bits per heavy atom. The molecule has 2 saturated carbocycles. The molecule has 2 aliphatic rings. The van der Waals surface area contributed by atoms with Crippen molar-refractivity contribution in [2.24, 2.45) is 5.92 Å². The van der Waals surface area contributed by atoms with Gasteiger partial charge in [-0.3, -0.25) is 4.79 Å². The van der Waals surface area contributed by atoms with E-state index in [0.29, 0.717) is 18.5 Å². The zero-order chi connectivity index (χ0) is 16.1. The lowest BCUT2D eigenvalue weighted by Crippen LogP contribution is -2.42. The summed E-state index contributed by atoms with van der Waals surface area (Å²) in [4.78, 5) is 14.6. The van der Waals surface area contributed by atoms with E-state index in [1.165, 1.54) is 37.8 Å². The van der Waals surface area contributed by atoms with Crippen molar-refractivity contribution in [1.82, 2.24) is 4.90 Å². The van der Waals surface area contributed by atoms with Gasteiger partial charge < -0.3 is 9.64 Å². The Balaban J connectivity index is 1.53. The number of hydrogen-bond acceptors (Lipinski definition) is 2. The normalized spacial score (nSPS) is 18.3. The zero-order valence-corrected chi connectivity index (χ0v) is 13.7. The summed E-state index contributed by atoms with van der Waals surface area (Å²) < 4.78 is 18.6. The van der Waals surface area contributed by atoms with Crippen LogP contribution in [0.1, 0.15) is 44.1 Å². The Kier molecular flexibility index (Phi) is 5.65. The Morgan fingerprint density at radius 2 is 1.83 bits per heavy atom. The number of benzene rings is 1. The number of carbonyl (C=O) groups is 1. The maximum Gasteiger partial charge on any atom is 0.248 e. The number of ether oxygens (including phenoxy) is 1. The summed E-state index contributed by atoms with van der Waals surface area (Å²) in [5, 5.41) is 0. The highest BCUT2D eigenvalue weighted by Crippen LogP contribution is 2.29. The molecule has 1 amide bonds. The highest BCUT2D eigenvalue weighted by molar-refractivity contribution is 5.77. The van der Waals surface area contributed by atoms with Crippen LogP contribution in [0.3, 0.4) is 0 Å². The average molecular weight is 319 g/mol. The van der Waals surface area contributed by atoms with Gasteiger partial charge in [0.05, 0.1) is 6.61 Å². The lowest BCUT2D eigenvalue weighted by molar-refractivity contribution is -0.138. The smallest absolute Gasteiger partial charge is 0.248 e. The third-order valence-corrected chi connectivity index (χ3v) is 4.92. The van der Waals surface area contributed by atoms with Crippen molar-refractivity contribution < 1.29 is 13.9 Å². The summed E-state index contributed by atoms with van der Waals surface area (Å²) >= 11 is 0. The van der Waals surface area contributed by atoms with E-state index in [4.69, 9.17) is 4.74 Å². The van der Waals surface area contributed by atoms with Crippen molar-refractivity contribution in [2.45, 2.75) is 51.0 Å².